The molecule has 0 saturated heterocycles. The molecule has 7 nitrogen and oxygen atoms in total. The lowest BCUT2D eigenvalue weighted by Crippen LogP contribution is -2.12. The molecule has 4 aromatic rings. The zero-order valence-electron chi connectivity index (χ0n) is 11.2. The van der Waals surface area contributed by atoms with Crippen LogP contribution in [-0.2, 0) is 0 Å². The fourth-order valence-corrected chi connectivity index (χ4v) is 3.04. The van der Waals surface area contributed by atoms with Gasteiger partial charge in [-0.1, -0.05) is 11.3 Å². The summed E-state index contributed by atoms with van der Waals surface area (Å²) in [4.78, 5) is 20.6. The summed E-state index contributed by atoms with van der Waals surface area (Å²) in [6.45, 7) is 0. The summed E-state index contributed by atoms with van der Waals surface area (Å²) in [5.41, 5.74) is 1.41. The normalized spacial score (nSPS) is 10.9. The predicted octanol–water partition coefficient (Wildman–Crippen LogP) is 2.46. The number of nitrogens with one attached hydrogen (secondary N) is 2. The Hall–Kier alpha value is -3.00. The number of rotatable bonds is 3. The summed E-state index contributed by atoms with van der Waals surface area (Å²) in [6, 6.07) is 9.30. The lowest BCUT2D eigenvalue weighted by molar-refractivity contribution is 0.102. The van der Waals surface area contributed by atoms with Gasteiger partial charge in [0.2, 0.25) is 5.95 Å². The number of amides is 1. The highest BCUT2D eigenvalue weighted by atomic mass is 32.1. The van der Waals surface area contributed by atoms with Crippen molar-refractivity contribution in [3.63, 3.8) is 0 Å². The molecule has 1 amide bonds. The van der Waals surface area contributed by atoms with Crippen LogP contribution in [0.25, 0.3) is 15.3 Å². The number of thiazole rings is 1. The van der Waals surface area contributed by atoms with Crippen molar-refractivity contribution < 1.29 is 4.79 Å². The van der Waals surface area contributed by atoms with Gasteiger partial charge in [0.05, 0.1) is 10.2 Å². The SMILES string of the molecule is O=C(Nc1ncn[nH]1)c1ccc2nc(-n3cccc3)sc2c1. The summed E-state index contributed by atoms with van der Waals surface area (Å²) in [5, 5.41) is 9.80. The van der Waals surface area contributed by atoms with E-state index in [1.807, 2.05) is 41.2 Å². The van der Waals surface area contributed by atoms with Crippen LogP contribution in [-0.4, -0.2) is 30.6 Å². The monoisotopic (exact) mass is 310 g/mol. The second-order valence-electron chi connectivity index (χ2n) is 4.56. The lowest BCUT2D eigenvalue weighted by Gasteiger charge is -2.00. The van der Waals surface area contributed by atoms with Gasteiger partial charge < -0.3 is 4.57 Å². The molecule has 0 radical (unpaired) electrons. The summed E-state index contributed by atoms with van der Waals surface area (Å²) in [5.74, 6) is 0.0806. The van der Waals surface area contributed by atoms with Crippen LogP contribution in [0, 0.1) is 0 Å². The van der Waals surface area contributed by atoms with Gasteiger partial charge in [0.25, 0.3) is 5.91 Å². The van der Waals surface area contributed by atoms with Crippen LogP contribution in [0.2, 0.25) is 0 Å². The Kier molecular flexibility index (Phi) is 2.94. The number of anilines is 1. The summed E-state index contributed by atoms with van der Waals surface area (Å²) < 4.78 is 2.90. The van der Waals surface area contributed by atoms with E-state index < -0.39 is 0 Å². The zero-order valence-corrected chi connectivity index (χ0v) is 12.0. The Morgan fingerprint density at radius 2 is 2.14 bits per heavy atom. The number of carbonyl (C=O) groups excluding carboxylic acids is 1. The molecule has 0 aliphatic heterocycles. The Labute approximate surface area is 128 Å². The van der Waals surface area contributed by atoms with Gasteiger partial charge in [-0.3, -0.25) is 10.1 Å². The molecule has 108 valence electrons. The fourth-order valence-electron chi connectivity index (χ4n) is 2.07. The molecule has 0 fully saturated rings. The van der Waals surface area contributed by atoms with E-state index in [2.05, 4.69) is 25.5 Å². The van der Waals surface area contributed by atoms with Crippen molar-refractivity contribution in [2.24, 2.45) is 0 Å². The standard InChI is InChI=1S/C14H10N6OS/c21-12(18-13-15-8-16-19-13)9-3-4-10-11(7-9)22-14(17-10)20-5-1-2-6-20/h1-8H,(H2,15,16,18,19,21). The molecule has 2 N–H and O–H groups in total. The first-order valence-electron chi connectivity index (χ1n) is 6.50. The van der Waals surface area contributed by atoms with E-state index in [0.717, 1.165) is 15.3 Å². The van der Waals surface area contributed by atoms with Gasteiger partial charge in [-0.25, -0.2) is 10.1 Å². The van der Waals surface area contributed by atoms with E-state index in [0.29, 0.717) is 11.5 Å². The van der Waals surface area contributed by atoms with Gasteiger partial charge in [-0.05, 0) is 30.3 Å². The predicted molar refractivity (Wildman–Crippen MR) is 83.3 cm³/mol. The first kappa shape index (κ1) is 12.7. The van der Waals surface area contributed by atoms with Crippen molar-refractivity contribution in [2.75, 3.05) is 5.32 Å². The molecule has 3 aromatic heterocycles. The number of carbonyl (C=O) groups is 1. The van der Waals surface area contributed by atoms with Crippen molar-refractivity contribution in [2.45, 2.75) is 0 Å². The van der Waals surface area contributed by atoms with E-state index >= 15 is 0 Å². The van der Waals surface area contributed by atoms with E-state index in [-0.39, 0.29) is 5.91 Å². The highest BCUT2D eigenvalue weighted by molar-refractivity contribution is 7.20. The van der Waals surface area contributed by atoms with Gasteiger partial charge >= 0.3 is 0 Å². The summed E-state index contributed by atoms with van der Waals surface area (Å²) >= 11 is 1.53. The van der Waals surface area contributed by atoms with Crippen LogP contribution in [0.1, 0.15) is 10.4 Å². The van der Waals surface area contributed by atoms with E-state index in [4.69, 9.17) is 0 Å². The number of hydrogen-bond acceptors (Lipinski definition) is 5. The number of nitrogens with zero attached hydrogens (tertiary/aromatic N) is 4. The lowest BCUT2D eigenvalue weighted by atomic mass is 10.2. The Balaban J connectivity index is 1.67. The zero-order chi connectivity index (χ0) is 14.9. The van der Waals surface area contributed by atoms with E-state index in [9.17, 15) is 4.79 Å². The third kappa shape index (κ3) is 2.25. The molecule has 0 aliphatic carbocycles. The average molecular weight is 310 g/mol. The maximum Gasteiger partial charge on any atom is 0.258 e. The number of aromatic amines is 1. The maximum absolute atomic E-state index is 12.2. The second kappa shape index (κ2) is 5.08. The highest BCUT2D eigenvalue weighted by Crippen LogP contribution is 2.26. The highest BCUT2D eigenvalue weighted by Gasteiger charge is 2.11. The number of benzene rings is 1. The molecule has 1 aromatic carbocycles. The molecular weight excluding hydrogens is 300 g/mol. The molecule has 0 atom stereocenters. The minimum absolute atomic E-state index is 0.241. The maximum atomic E-state index is 12.2. The third-order valence-corrected chi connectivity index (χ3v) is 4.14. The molecular formula is C14H10N6OS. The van der Waals surface area contributed by atoms with E-state index in [1.54, 1.807) is 6.07 Å². The first-order chi connectivity index (χ1) is 10.8. The van der Waals surface area contributed by atoms with Crippen LogP contribution in [0.5, 0.6) is 0 Å². The Morgan fingerprint density at radius 3 is 2.91 bits per heavy atom. The number of hydrogen-bond donors (Lipinski definition) is 2. The molecule has 0 unspecified atom stereocenters. The average Bonchev–Trinajstić information content (AvgIpc) is 3.26. The van der Waals surface area contributed by atoms with Crippen molar-refractivity contribution in [1.29, 1.82) is 0 Å². The molecule has 0 spiro atoms. The summed E-state index contributed by atoms with van der Waals surface area (Å²) in [6.07, 6.45) is 5.22. The van der Waals surface area contributed by atoms with Gasteiger partial charge in [0.15, 0.2) is 5.13 Å². The molecule has 3 heterocycles. The minimum atomic E-state index is -0.241. The van der Waals surface area contributed by atoms with Crippen LogP contribution in [0.3, 0.4) is 0 Å². The van der Waals surface area contributed by atoms with Crippen LogP contribution >= 0.6 is 11.3 Å². The Morgan fingerprint density at radius 1 is 1.27 bits per heavy atom. The number of fused-ring (bicyclic) bond motifs is 1. The van der Waals surface area contributed by atoms with Crippen molar-refractivity contribution >= 4 is 33.4 Å². The minimum Gasteiger partial charge on any atom is -0.300 e. The Bertz CT molecular complexity index is 926. The molecule has 8 heteroatoms. The fraction of sp³-hybridized carbons (Fsp3) is 0. The van der Waals surface area contributed by atoms with Gasteiger partial charge in [-0.15, -0.1) is 0 Å². The molecule has 0 saturated carbocycles. The van der Waals surface area contributed by atoms with Crippen LogP contribution in [0.4, 0.5) is 5.95 Å². The molecule has 0 bridgehead atoms. The molecule has 4 rings (SSSR count). The van der Waals surface area contributed by atoms with Gasteiger partial charge in [0, 0.05) is 18.0 Å². The van der Waals surface area contributed by atoms with Crippen LogP contribution < -0.4 is 5.32 Å². The van der Waals surface area contributed by atoms with Crippen molar-refractivity contribution in [3.8, 4) is 5.13 Å². The van der Waals surface area contributed by atoms with Crippen molar-refractivity contribution in [3.05, 3.63) is 54.6 Å². The molecule has 22 heavy (non-hydrogen) atoms. The van der Waals surface area contributed by atoms with Gasteiger partial charge in [-0.2, -0.15) is 10.1 Å². The summed E-state index contributed by atoms with van der Waals surface area (Å²) in [7, 11) is 0. The number of aromatic nitrogens is 5. The quantitative estimate of drug-likeness (QED) is 0.608. The van der Waals surface area contributed by atoms with Crippen LogP contribution in [0.15, 0.2) is 49.1 Å². The molecule has 0 aliphatic rings. The van der Waals surface area contributed by atoms with E-state index in [1.165, 1.54) is 17.7 Å². The van der Waals surface area contributed by atoms with Crippen molar-refractivity contribution in [1.82, 2.24) is 24.7 Å². The third-order valence-electron chi connectivity index (χ3n) is 3.11. The first-order valence-corrected chi connectivity index (χ1v) is 7.32. The second-order valence-corrected chi connectivity index (χ2v) is 5.57. The largest absolute Gasteiger partial charge is 0.300 e. The topological polar surface area (TPSA) is 88.5 Å². The smallest absolute Gasteiger partial charge is 0.258 e. The van der Waals surface area contributed by atoms with Gasteiger partial charge in [0.1, 0.15) is 6.33 Å². The number of H-pyrrole nitrogens is 1.